The number of tetrazole rings is 1. The first-order valence-corrected chi connectivity index (χ1v) is 8.51. The number of aromatic nitrogens is 4. The molecule has 0 aliphatic heterocycles. The molecule has 0 saturated carbocycles. The van der Waals surface area contributed by atoms with Crippen LogP contribution in [0.1, 0.15) is 10.4 Å². The van der Waals surface area contributed by atoms with E-state index in [-0.39, 0.29) is 17.9 Å². The van der Waals surface area contributed by atoms with Crippen LogP contribution in [-0.4, -0.2) is 32.0 Å². The van der Waals surface area contributed by atoms with E-state index in [1.807, 2.05) is 0 Å². The van der Waals surface area contributed by atoms with Crippen LogP contribution in [0.5, 0.6) is 0 Å². The smallest absolute Gasteiger partial charge is 0.349 e. The van der Waals surface area contributed by atoms with Crippen LogP contribution in [0.3, 0.4) is 0 Å². The third-order valence-corrected chi connectivity index (χ3v) is 4.05. The fourth-order valence-electron chi connectivity index (χ4n) is 2.75. The summed E-state index contributed by atoms with van der Waals surface area (Å²) in [6.45, 7) is -0.223. The monoisotopic (exact) mass is 390 g/mol. The highest BCUT2D eigenvalue weighted by Gasteiger charge is 2.17. The summed E-state index contributed by atoms with van der Waals surface area (Å²) in [6, 6.07) is 15.1. The lowest BCUT2D eigenvalue weighted by atomic mass is 10.1. The average Bonchev–Trinajstić information content (AvgIpc) is 3.15. The number of carbonyl (C=O) groups excluding carboxylic acids is 2. The molecular formula is C19H14N6O4. The van der Waals surface area contributed by atoms with Gasteiger partial charge in [-0.05, 0) is 29.5 Å². The Kier molecular flexibility index (Phi) is 4.57. The van der Waals surface area contributed by atoms with Gasteiger partial charge < -0.3 is 15.5 Å². The number of primary amides is 1. The number of amides is 2. The number of anilines is 1. The van der Waals surface area contributed by atoms with Gasteiger partial charge in [0.2, 0.25) is 11.7 Å². The summed E-state index contributed by atoms with van der Waals surface area (Å²) < 4.78 is 5.21. The number of hydrogen-bond acceptors (Lipinski definition) is 7. The van der Waals surface area contributed by atoms with Crippen molar-refractivity contribution in [2.75, 3.05) is 5.32 Å². The Bertz CT molecular complexity index is 1290. The predicted octanol–water partition coefficient (Wildman–Crippen LogP) is 1.18. The Balaban J connectivity index is 1.66. The Morgan fingerprint density at radius 3 is 2.69 bits per heavy atom. The predicted molar refractivity (Wildman–Crippen MR) is 103 cm³/mol. The molecule has 10 heteroatoms. The van der Waals surface area contributed by atoms with E-state index >= 15 is 0 Å². The molecule has 4 aromatic rings. The second-order valence-corrected chi connectivity index (χ2v) is 6.09. The summed E-state index contributed by atoms with van der Waals surface area (Å²) in [5.74, 6) is -1.06. The summed E-state index contributed by atoms with van der Waals surface area (Å²) in [6.07, 6.45) is 0. The van der Waals surface area contributed by atoms with Crippen LogP contribution in [0.25, 0.3) is 22.4 Å². The second kappa shape index (κ2) is 7.35. The van der Waals surface area contributed by atoms with Crippen LogP contribution in [0.2, 0.25) is 0 Å². The van der Waals surface area contributed by atoms with Gasteiger partial charge in [0.25, 0.3) is 5.91 Å². The maximum absolute atomic E-state index is 12.7. The molecule has 4 rings (SSSR count). The van der Waals surface area contributed by atoms with E-state index in [2.05, 4.69) is 20.7 Å². The topological polar surface area (TPSA) is 146 Å². The Hall–Kier alpha value is -4.34. The summed E-state index contributed by atoms with van der Waals surface area (Å²) in [4.78, 5) is 37.0. The standard InChI is InChI=1S/C19H14N6O4/c20-16(26)10-25-23-17(22-24-25)12-6-2-3-7-14(12)21-18(27)13-9-11-5-1-4-8-15(11)29-19(13)28/h1-9H,10H2,(H2,20,26)(H,21,27). The zero-order valence-corrected chi connectivity index (χ0v) is 14.9. The van der Waals surface area contributed by atoms with Crippen molar-refractivity contribution in [1.29, 1.82) is 0 Å². The highest BCUT2D eigenvalue weighted by atomic mass is 16.4. The van der Waals surface area contributed by atoms with Crippen LogP contribution < -0.4 is 16.7 Å². The maximum atomic E-state index is 12.7. The molecule has 0 aliphatic rings. The van der Waals surface area contributed by atoms with Gasteiger partial charge in [-0.25, -0.2) is 4.79 Å². The van der Waals surface area contributed by atoms with Crippen LogP contribution in [0.4, 0.5) is 5.69 Å². The van der Waals surface area contributed by atoms with Crippen molar-refractivity contribution < 1.29 is 14.0 Å². The summed E-state index contributed by atoms with van der Waals surface area (Å²) in [7, 11) is 0. The second-order valence-electron chi connectivity index (χ2n) is 6.09. The number of carbonyl (C=O) groups is 2. The van der Waals surface area contributed by atoms with Crippen LogP contribution in [0.15, 0.2) is 63.8 Å². The van der Waals surface area contributed by atoms with E-state index < -0.39 is 17.4 Å². The molecule has 10 nitrogen and oxygen atoms in total. The van der Waals surface area contributed by atoms with E-state index in [9.17, 15) is 14.4 Å². The van der Waals surface area contributed by atoms with Crippen molar-refractivity contribution in [2.24, 2.45) is 5.73 Å². The van der Waals surface area contributed by atoms with Gasteiger partial charge in [-0.1, -0.05) is 30.3 Å². The molecular weight excluding hydrogens is 376 g/mol. The highest BCUT2D eigenvalue weighted by Crippen LogP contribution is 2.25. The van der Waals surface area contributed by atoms with E-state index in [0.717, 1.165) is 4.80 Å². The van der Waals surface area contributed by atoms with Gasteiger partial charge in [-0.2, -0.15) is 4.80 Å². The lowest BCUT2D eigenvalue weighted by molar-refractivity contribution is -0.118. The minimum atomic E-state index is -0.746. The summed E-state index contributed by atoms with van der Waals surface area (Å²) in [5.41, 5.74) is 5.46. The van der Waals surface area contributed by atoms with Crippen LogP contribution >= 0.6 is 0 Å². The molecule has 0 spiro atoms. The Labute approximate surface area is 162 Å². The Morgan fingerprint density at radius 1 is 1.10 bits per heavy atom. The number of nitrogens with zero attached hydrogens (tertiary/aromatic N) is 4. The number of rotatable bonds is 5. The maximum Gasteiger partial charge on any atom is 0.349 e. The fourth-order valence-corrected chi connectivity index (χ4v) is 2.75. The highest BCUT2D eigenvalue weighted by molar-refractivity contribution is 6.07. The number of hydrogen-bond donors (Lipinski definition) is 2. The molecule has 0 radical (unpaired) electrons. The molecule has 29 heavy (non-hydrogen) atoms. The normalized spacial score (nSPS) is 10.8. The summed E-state index contributed by atoms with van der Waals surface area (Å²) >= 11 is 0. The van der Waals surface area contributed by atoms with Crippen LogP contribution in [0, 0.1) is 0 Å². The molecule has 144 valence electrons. The number of para-hydroxylation sites is 2. The molecule has 2 heterocycles. The largest absolute Gasteiger partial charge is 0.422 e. The average molecular weight is 390 g/mol. The van der Waals surface area contributed by atoms with Crippen molar-refractivity contribution >= 4 is 28.5 Å². The van der Waals surface area contributed by atoms with Gasteiger partial charge >= 0.3 is 5.63 Å². The first-order valence-electron chi connectivity index (χ1n) is 8.51. The van der Waals surface area contributed by atoms with E-state index in [0.29, 0.717) is 22.2 Å². The van der Waals surface area contributed by atoms with Gasteiger partial charge in [-0.3, -0.25) is 9.59 Å². The van der Waals surface area contributed by atoms with Crippen molar-refractivity contribution in [3.8, 4) is 11.4 Å². The molecule has 2 aromatic carbocycles. The molecule has 0 bridgehead atoms. The Morgan fingerprint density at radius 2 is 1.86 bits per heavy atom. The van der Waals surface area contributed by atoms with E-state index in [1.54, 1.807) is 48.5 Å². The fraction of sp³-hybridized carbons (Fsp3) is 0.0526. The number of nitrogens with one attached hydrogen (secondary N) is 1. The minimum Gasteiger partial charge on any atom is -0.422 e. The van der Waals surface area contributed by atoms with Crippen molar-refractivity contribution in [3.05, 3.63) is 70.6 Å². The lowest BCUT2D eigenvalue weighted by Gasteiger charge is -2.08. The zero-order valence-electron chi connectivity index (χ0n) is 14.9. The molecule has 2 aromatic heterocycles. The third kappa shape index (κ3) is 3.72. The first-order chi connectivity index (χ1) is 14.0. The summed E-state index contributed by atoms with van der Waals surface area (Å²) in [5, 5.41) is 15.0. The number of fused-ring (bicyclic) bond motifs is 1. The SMILES string of the molecule is NC(=O)Cn1nnc(-c2ccccc2NC(=O)c2cc3ccccc3oc2=O)n1. The van der Waals surface area contributed by atoms with E-state index in [1.165, 1.54) is 6.07 Å². The van der Waals surface area contributed by atoms with E-state index in [4.69, 9.17) is 10.2 Å². The van der Waals surface area contributed by atoms with Gasteiger partial charge in [-0.15, -0.1) is 10.2 Å². The lowest BCUT2D eigenvalue weighted by Crippen LogP contribution is -2.21. The number of nitrogens with two attached hydrogens (primary N) is 1. The molecule has 0 fully saturated rings. The molecule has 0 unspecified atom stereocenters. The van der Waals surface area contributed by atoms with Gasteiger partial charge in [0.1, 0.15) is 17.7 Å². The first kappa shape index (κ1) is 18.0. The quantitative estimate of drug-likeness (QED) is 0.487. The molecule has 3 N–H and O–H groups in total. The molecule has 0 atom stereocenters. The van der Waals surface area contributed by atoms with Gasteiger partial charge in [0.15, 0.2) is 0 Å². The number of benzene rings is 2. The molecule has 2 amide bonds. The minimum absolute atomic E-state index is 0.135. The third-order valence-electron chi connectivity index (χ3n) is 4.05. The zero-order chi connectivity index (χ0) is 20.4. The van der Waals surface area contributed by atoms with Gasteiger partial charge in [0.05, 0.1) is 5.69 Å². The van der Waals surface area contributed by atoms with Crippen molar-refractivity contribution in [3.63, 3.8) is 0 Å². The van der Waals surface area contributed by atoms with Gasteiger partial charge in [0, 0.05) is 10.9 Å². The van der Waals surface area contributed by atoms with Crippen LogP contribution in [-0.2, 0) is 11.3 Å². The van der Waals surface area contributed by atoms with Crippen molar-refractivity contribution in [1.82, 2.24) is 20.2 Å². The van der Waals surface area contributed by atoms with Crippen molar-refractivity contribution in [2.45, 2.75) is 6.54 Å². The molecule has 0 aliphatic carbocycles. The molecule has 0 saturated heterocycles.